The highest BCUT2D eigenvalue weighted by Gasteiger charge is 2.17. The fourth-order valence-corrected chi connectivity index (χ4v) is 2.21. The lowest BCUT2D eigenvalue weighted by atomic mass is 10.1. The van der Waals surface area contributed by atoms with Crippen LogP contribution in [0.15, 0.2) is 48.9 Å². The molecule has 0 spiro atoms. The number of hydrogen-bond acceptors (Lipinski definition) is 2. The van der Waals surface area contributed by atoms with E-state index in [0.717, 1.165) is 16.9 Å². The topological polar surface area (TPSA) is 29.7 Å². The van der Waals surface area contributed by atoms with Crippen LogP contribution in [-0.4, -0.2) is 9.97 Å². The van der Waals surface area contributed by atoms with Crippen molar-refractivity contribution in [3.63, 3.8) is 0 Å². The molecule has 3 aromatic rings. The number of rotatable bonds is 1. The van der Waals surface area contributed by atoms with Gasteiger partial charge in [-0.3, -0.25) is 0 Å². The van der Waals surface area contributed by atoms with Crippen LogP contribution in [0.25, 0.3) is 22.3 Å². The third-order valence-corrected chi connectivity index (χ3v) is 3.19. The molecule has 0 bridgehead atoms. The largest absolute Gasteiger partial charge is 0.348 e. The maximum Gasteiger partial charge on any atom is 0.348 e. The standard InChI is InChI=1S/C15H14N3/c1-11-13-7-4-3-6-12(13)10-17-14(11)15-16-8-5-9-18(15)2/h3-10H,1-2H3/q+1. The first-order valence-corrected chi connectivity index (χ1v) is 5.93. The fraction of sp³-hybridized carbons (Fsp3) is 0.133. The molecular formula is C15H14N3+. The van der Waals surface area contributed by atoms with Crippen LogP contribution >= 0.6 is 0 Å². The minimum atomic E-state index is 0.890. The molecule has 3 heteroatoms. The van der Waals surface area contributed by atoms with E-state index in [1.54, 1.807) is 6.20 Å². The lowest BCUT2D eigenvalue weighted by Gasteiger charge is -2.05. The van der Waals surface area contributed by atoms with Gasteiger partial charge in [-0.05, 0) is 22.9 Å². The van der Waals surface area contributed by atoms with Crippen molar-refractivity contribution in [2.45, 2.75) is 6.92 Å². The molecule has 0 amide bonds. The molecule has 2 heterocycles. The van der Waals surface area contributed by atoms with Crippen LogP contribution in [0.2, 0.25) is 0 Å². The van der Waals surface area contributed by atoms with Crippen molar-refractivity contribution in [3.05, 3.63) is 54.5 Å². The highest BCUT2D eigenvalue weighted by atomic mass is 15.0. The number of benzene rings is 1. The van der Waals surface area contributed by atoms with Gasteiger partial charge in [-0.25, -0.2) is 9.55 Å². The number of aromatic nitrogens is 3. The summed E-state index contributed by atoms with van der Waals surface area (Å²) in [4.78, 5) is 8.97. The lowest BCUT2D eigenvalue weighted by Crippen LogP contribution is -2.31. The Bertz CT molecular complexity index is 720. The molecule has 0 radical (unpaired) electrons. The normalized spacial score (nSPS) is 10.8. The number of nitrogens with zero attached hydrogens (tertiary/aromatic N) is 3. The molecule has 0 unspecified atom stereocenters. The SMILES string of the molecule is Cc1c(-c2nccc[n+]2C)ncc2ccccc12. The summed E-state index contributed by atoms with van der Waals surface area (Å²) in [5.74, 6) is 0.890. The van der Waals surface area contributed by atoms with Crippen LogP contribution in [-0.2, 0) is 7.05 Å². The van der Waals surface area contributed by atoms with Gasteiger partial charge in [0.05, 0.1) is 13.2 Å². The Kier molecular flexibility index (Phi) is 2.52. The van der Waals surface area contributed by atoms with Crippen molar-refractivity contribution in [3.8, 4) is 11.5 Å². The van der Waals surface area contributed by atoms with Crippen molar-refractivity contribution < 1.29 is 4.57 Å². The molecular weight excluding hydrogens is 222 g/mol. The molecule has 3 nitrogen and oxygen atoms in total. The summed E-state index contributed by atoms with van der Waals surface area (Å²) in [6, 6.07) is 10.2. The Balaban J connectivity index is 2.31. The van der Waals surface area contributed by atoms with Gasteiger partial charge in [-0.15, -0.1) is 0 Å². The Hall–Kier alpha value is -2.29. The maximum atomic E-state index is 4.55. The van der Waals surface area contributed by atoms with Gasteiger partial charge in [0.25, 0.3) is 0 Å². The zero-order valence-electron chi connectivity index (χ0n) is 10.5. The molecule has 0 saturated heterocycles. The van der Waals surface area contributed by atoms with Gasteiger partial charge in [0.2, 0.25) is 0 Å². The van der Waals surface area contributed by atoms with Crippen molar-refractivity contribution in [2.24, 2.45) is 7.05 Å². The van der Waals surface area contributed by atoms with Crippen LogP contribution in [0.1, 0.15) is 5.56 Å². The van der Waals surface area contributed by atoms with E-state index in [4.69, 9.17) is 0 Å². The molecule has 2 aromatic heterocycles. The van der Waals surface area contributed by atoms with Gasteiger partial charge in [0.1, 0.15) is 6.20 Å². The number of hydrogen-bond donors (Lipinski definition) is 0. The van der Waals surface area contributed by atoms with Gasteiger partial charge >= 0.3 is 5.82 Å². The molecule has 0 aliphatic carbocycles. The average molecular weight is 236 g/mol. The maximum absolute atomic E-state index is 4.55. The van der Waals surface area contributed by atoms with E-state index in [0.29, 0.717) is 0 Å². The first-order chi connectivity index (χ1) is 8.77. The van der Waals surface area contributed by atoms with E-state index in [1.807, 2.05) is 36.1 Å². The smallest absolute Gasteiger partial charge is 0.247 e. The molecule has 88 valence electrons. The van der Waals surface area contributed by atoms with Crippen molar-refractivity contribution in [1.82, 2.24) is 9.97 Å². The van der Waals surface area contributed by atoms with E-state index >= 15 is 0 Å². The van der Waals surface area contributed by atoms with Crippen LogP contribution in [0, 0.1) is 6.92 Å². The number of aryl methyl sites for hydroxylation is 2. The Morgan fingerprint density at radius 1 is 1.06 bits per heavy atom. The van der Waals surface area contributed by atoms with Crippen molar-refractivity contribution in [2.75, 3.05) is 0 Å². The second kappa shape index (κ2) is 4.18. The quantitative estimate of drug-likeness (QED) is 0.607. The van der Waals surface area contributed by atoms with Gasteiger partial charge < -0.3 is 0 Å². The fourth-order valence-electron chi connectivity index (χ4n) is 2.21. The van der Waals surface area contributed by atoms with Gasteiger partial charge in [0.15, 0.2) is 5.69 Å². The van der Waals surface area contributed by atoms with E-state index in [9.17, 15) is 0 Å². The highest BCUT2D eigenvalue weighted by molar-refractivity contribution is 5.88. The van der Waals surface area contributed by atoms with E-state index in [-0.39, 0.29) is 0 Å². The molecule has 3 rings (SSSR count). The van der Waals surface area contributed by atoms with E-state index in [2.05, 4.69) is 35.1 Å². The minimum absolute atomic E-state index is 0.890. The molecule has 0 saturated carbocycles. The van der Waals surface area contributed by atoms with E-state index < -0.39 is 0 Å². The minimum Gasteiger partial charge on any atom is -0.247 e. The third-order valence-electron chi connectivity index (χ3n) is 3.19. The van der Waals surface area contributed by atoms with Gasteiger partial charge in [0, 0.05) is 17.6 Å². The molecule has 1 aromatic carbocycles. The van der Waals surface area contributed by atoms with E-state index in [1.165, 1.54) is 10.9 Å². The van der Waals surface area contributed by atoms with Gasteiger partial charge in [-0.1, -0.05) is 24.3 Å². The molecule has 18 heavy (non-hydrogen) atoms. The predicted molar refractivity (Wildman–Crippen MR) is 70.9 cm³/mol. The predicted octanol–water partition coefficient (Wildman–Crippen LogP) is 2.43. The first kappa shape index (κ1) is 10.8. The molecule has 0 fully saturated rings. The number of pyridine rings is 1. The lowest BCUT2D eigenvalue weighted by molar-refractivity contribution is -0.663. The molecule has 0 aliphatic rings. The van der Waals surface area contributed by atoms with Crippen LogP contribution in [0.3, 0.4) is 0 Å². The van der Waals surface area contributed by atoms with Gasteiger partial charge in [-0.2, -0.15) is 0 Å². The summed E-state index contributed by atoms with van der Waals surface area (Å²) < 4.78 is 1.99. The summed E-state index contributed by atoms with van der Waals surface area (Å²) in [7, 11) is 1.98. The highest BCUT2D eigenvalue weighted by Crippen LogP contribution is 2.24. The summed E-state index contributed by atoms with van der Waals surface area (Å²) in [5, 5.41) is 2.39. The zero-order valence-corrected chi connectivity index (χ0v) is 10.5. The van der Waals surface area contributed by atoms with Crippen LogP contribution in [0.5, 0.6) is 0 Å². The molecule has 0 N–H and O–H groups in total. The second-order valence-corrected chi connectivity index (χ2v) is 4.37. The zero-order chi connectivity index (χ0) is 12.5. The van der Waals surface area contributed by atoms with Crippen LogP contribution in [0.4, 0.5) is 0 Å². The third kappa shape index (κ3) is 1.64. The number of fused-ring (bicyclic) bond motifs is 1. The molecule has 0 atom stereocenters. The van der Waals surface area contributed by atoms with Crippen LogP contribution < -0.4 is 4.57 Å². The Morgan fingerprint density at radius 2 is 1.89 bits per heavy atom. The summed E-state index contributed by atoms with van der Waals surface area (Å²) >= 11 is 0. The monoisotopic (exact) mass is 236 g/mol. The molecule has 0 aliphatic heterocycles. The Labute approximate surface area is 106 Å². The average Bonchev–Trinajstić information content (AvgIpc) is 2.41. The second-order valence-electron chi connectivity index (χ2n) is 4.37. The van der Waals surface area contributed by atoms with Crippen molar-refractivity contribution in [1.29, 1.82) is 0 Å². The summed E-state index contributed by atoms with van der Waals surface area (Å²) in [5.41, 5.74) is 2.11. The summed E-state index contributed by atoms with van der Waals surface area (Å²) in [6.07, 6.45) is 5.69. The summed E-state index contributed by atoms with van der Waals surface area (Å²) in [6.45, 7) is 2.10. The Morgan fingerprint density at radius 3 is 2.72 bits per heavy atom. The van der Waals surface area contributed by atoms with Crippen molar-refractivity contribution >= 4 is 10.8 Å². The first-order valence-electron chi connectivity index (χ1n) is 5.93.